The minimum atomic E-state index is -0.214. The van der Waals surface area contributed by atoms with Crippen molar-refractivity contribution in [2.24, 2.45) is 0 Å². The van der Waals surface area contributed by atoms with Gasteiger partial charge in [-0.2, -0.15) is 10.4 Å². The van der Waals surface area contributed by atoms with E-state index in [0.29, 0.717) is 31.0 Å². The van der Waals surface area contributed by atoms with E-state index in [1.807, 2.05) is 67.7 Å². The van der Waals surface area contributed by atoms with Crippen molar-refractivity contribution in [1.82, 2.24) is 14.7 Å². The fourth-order valence-electron chi connectivity index (χ4n) is 3.89. The number of likely N-dealkylation sites (tertiary alicyclic amines) is 1. The second-order valence-electron chi connectivity index (χ2n) is 7.70. The molecule has 4 rings (SSSR count). The number of carbonyl (C=O) groups excluding carboxylic acids is 1. The van der Waals surface area contributed by atoms with Crippen LogP contribution in [0.5, 0.6) is 5.75 Å². The van der Waals surface area contributed by atoms with Crippen molar-refractivity contribution in [3.63, 3.8) is 0 Å². The first-order chi connectivity index (χ1) is 15.7. The Morgan fingerprint density at radius 3 is 2.62 bits per heavy atom. The number of hydrogen-bond donors (Lipinski definition) is 0. The summed E-state index contributed by atoms with van der Waals surface area (Å²) in [6.07, 6.45) is 6.60. The highest BCUT2D eigenvalue weighted by Gasteiger charge is 2.21. The van der Waals surface area contributed by atoms with Crippen LogP contribution in [0.25, 0.3) is 23.0 Å². The molecule has 0 atom stereocenters. The number of benzene rings is 2. The Hall–Kier alpha value is -3.85. The SMILES string of the molecule is CCOc1cccc(-c2nn(-c3ccccc3)cc2C=C(C#N)C(=O)N2CCCCC2)c1. The molecular formula is C26H26N4O2. The molecule has 0 radical (unpaired) electrons. The Morgan fingerprint density at radius 1 is 1.12 bits per heavy atom. The van der Waals surface area contributed by atoms with Gasteiger partial charge in [0, 0.05) is 30.4 Å². The van der Waals surface area contributed by atoms with E-state index >= 15 is 0 Å². The molecule has 0 spiro atoms. The van der Waals surface area contributed by atoms with Gasteiger partial charge in [-0.15, -0.1) is 0 Å². The molecule has 1 fully saturated rings. The molecule has 0 saturated carbocycles. The molecular weight excluding hydrogens is 400 g/mol. The lowest BCUT2D eigenvalue weighted by atomic mass is 10.0. The van der Waals surface area contributed by atoms with E-state index < -0.39 is 0 Å². The number of hydrogen-bond acceptors (Lipinski definition) is 4. The van der Waals surface area contributed by atoms with E-state index in [0.717, 1.165) is 36.3 Å². The summed E-state index contributed by atoms with van der Waals surface area (Å²) in [5, 5.41) is 14.6. The minimum absolute atomic E-state index is 0.127. The first kappa shape index (κ1) is 21.4. The highest BCUT2D eigenvalue weighted by molar-refractivity contribution is 6.02. The third kappa shape index (κ3) is 4.73. The number of ether oxygens (including phenoxy) is 1. The van der Waals surface area contributed by atoms with Crippen molar-refractivity contribution in [3.05, 3.63) is 71.9 Å². The van der Waals surface area contributed by atoms with Gasteiger partial charge in [0.2, 0.25) is 0 Å². The lowest BCUT2D eigenvalue weighted by Crippen LogP contribution is -2.36. The molecule has 0 aliphatic carbocycles. The van der Waals surface area contributed by atoms with Crippen LogP contribution < -0.4 is 4.74 Å². The maximum atomic E-state index is 13.0. The van der Waals surface area contributed by atoms with Crippen molar-refractivity contribution < 1.29 is 9.53 Å². The Balaban J connectivity index is 1.78. The average Bonchev–Trinajstić information content (AvgIpc) is 3.27. The zero-order chi connectivity index (χ0) is 22.3. The van der Waals surface area contributed by atoms with Crippen LogP contribution in [0.3, 0.4) is 0 Å². The van der Waals surface area contributed by atoms with E-state index in [1.165, 1.54) is 0 Å². The zero-order valence-electron chi connectivity index (χ0n) is 18.2. The van der Waals surface area contributed by atoms with Crippen LogP contribution in [0.4, 0.5) is 0 Å². The quantitative estimate of drug-likeness (QED) is 0.417. The van der Waals surface area contributed by atoms with Gasteiger partial charge in [0.05, 0.1) is 12.3 Å². The van der Waals surface area contributed by atoms with E-state index in [2.05, 4.69) is 6.07 Å². The molecule has 2 heterocycles. The summed E-state index contributed by atoms with van der Waals surface area (Å²) >= 11 is 0. The van der Waals surface area contributed by atoms with E-state index in [1.54, 1.807) is 15.7 Å². The van der Waals surface area contributed by atoms with Gasteiger partial charge in [-0.3, -0.25) is 4.79 Å². The lowest BCUT2D eigenvalue weighted by Gasteiger charge is -2.26. The number of aromatic nitrogens is 2. The second kappa shape index (κ2) is 9.97. The third-order valence-electron chi connectivity index (χ3n) is 5.48. The largest absolute Gasteiger partial charge is 0.494 e. The lowest BCUT2D eigenvalue weighted by molar-refractivity contribution is -0.127. The fraction of sp³-hybridized carbons (Fsp3) is 0.269. The molecule has 1 amide bonds. The molecule has 1 saturated heterocycles. The van der Waals surface area contributed by atoms with Gasteiger partial charge >= 0.3 is 0 Å². The van der Waals surface area contributed by atoms with Crippen LogP contribution >= 0.6 is 0 Å². The van der Waals surface area contributed by atoms with Crippen LogP contribution in [0.15, 0.2) is 66.4 Å². The smallest absolute Gasteiger partial charge is 0.264 e. The van der Waals surface area contributed by atoms with Crippen molar-refractivity contribution in [1.29, 1.82) is 5.26 Å². The summed E-state index contributed by atoms with van der Waals surface area (Å²) in [5.41, 5.74) is 3.29. The number of carbonyl (C=O) groups is 1. The maximum absolute atomic E-state index is 13.0. The molecule has 1 aromatic heterocycles. The van der Waals surface area contributed by atoms with Crippen LogP contribution in [-0.4, -0.2) is 40.3 Å². The van der Waals surface area contributed by atoms with Crippen molar-refractivity contribution in [2.45, 2.75) is 26.2 Å². The van der Waals surface area contributed by atoms with Crippen LogP contribution in [0.2, 0.25) is 0 Å². The average molecular weight is 427 g/mol. The van der Waals surface area contributed by atoms with Gasteiger partial charge in [-0.25, -0.2) is 4.68 Å². The Kier molecular flexibility index (Phi) is 6.66. The molecule has 32 heavy (non-hydrogen) atoms. The van der Waals surface area contributed by atoms with Gasteiger partial charge in [-0.1, -0.05) is 30.3 Å². The molecule has 0 unspecified atom stereocenters. The third-order valence-corrected chi connectivity index (χ3v) is 5.48. The predicted octanol–water partition coefficient (Wildman–Crippen LogP) is 4.86. The van der Waals surface area contributed by atoms with Crippen molar-refractivity contribution in [2.75, 3.05) is 19.7 Å². The fourth-order valence-corrected chi connectivity index (χ4v) is 3.89. The Bertz CT molecular complexity index is 1150. The number of piperidine rings is 1. The van der Waals surface area contributed by atoms with E-state index in [4.69, 9.17) is 9.84 Å². The molecule has 0 bridgehead atoms. The summed E-state index contributed by atoms with van der Waals surface area (Å²) in [7, 11) is 0. The number of amides is 1. The first-order valence-corrected chi connectivity index (χ1v) is 11.0. The van der Waals surface area contributed by atoms with Crippen molar-refractivity contribution in [3.8, 4) is 28.8 Å². The van der Waals surface area contributed by atoms with Crippen LogP contribution in [-0.2, 0) is 4.79 Å². The molecule has 162 valence electrons. The summed E-state index contributed by atoms with van der Waals surface area (Å²) in [4.78, 5) is 14.8. The molecule has 1 aliphatic rings. The monoisotopic (exact) mass is 426 g/mol. The Labute approximate surface area is 188 Å². The summed E-state index contributed by atoms with van der Waals surface area (Å²) in [6.45, 7) is 3.91. The first-order valence-electron chi connectivity index (χ1n) is 11.0. The van der Waals surface area contributed by atoms with Gasteiger partial charge in [0.15, 0.2) is 0 Å². The van der Waals surface area contributed by atoms with Gasteiger partial charge in [-0.05, 0) is 56.5 Å². The molecule has 0 N–H and O–H groups in total. The van der Waals surface area contributed by atoms with Gasteiger partial charge in [0.1, 0.15) is 23.1 Å². The van der Waals surface area contributed by atoms with Gasteiger partial charge < -0.3 is 9.64 Å². The molecule has 1 aliphatic heterocycles. The minimum Gasteiger partial charge on any atom is -0.494 e. The van der Waals surface area contributed by atoms with Gasteiger partial charge in [0.25, 0.3) is 5.91 Å². The summed E-state index contributed by atoms with van der Waals surface area (Å²) < 4.78 is 7.43. The standard InChI is InChI=1S/C26H26N4O2/c1-2-32-24-13-9-10-20(17-24)25-22(19-30(28-25)23-11-5-3-6-12-23)16-21(18-27)26(31)29-14-7-4-8-15-29/h3,5-6,9-13,16-17,19H,2,4,7-8,14-15H2,1H3. The number of rotatable bonds is 6. The summed E-state index contributed by atoms with van der Waals surface area (Å²) in [6, 6.07) is 19.6. The number of para-hydroxylation sites is 1. The summed E-state index contributed by atoms with van der Waals surface area (Å²) in [5.74, 6) is 0.535. The van der Waals surface area contributed by atoms with Crippen LogP contribution in [0.1, 0.15) is 31.7 Å². The number of nitriles is 1. The van der Waals surface area contributed by atoms with E-state index in [-0.39, 0.29) is 11.5 Å². The highest BCUT2D eigenvalue weighted by atomic mass is 16.5. The topological polar surface area (TPSA) is 71.1 Å². The zero-order valence-corrected chi connectivity index (χ0v) is 18.2. The molecule has 2 aromatic carbocycles. The van der Waals surface area contributed by atoms with E-state index in [9.17, 15) is 10.1 Å². The number of nitrogens with zero attached hydrogens (tertiary/aromatic N) is 4. The molecule has 3 aromatic rings. The highest BCUT2D eigenvalue weighted by Crippen LogP contribution is 2.29. The molecule has 6 nitrogen and oxygen atoms in total. The second-order valence-corrected chi connectivity index (χ2v) is 7.70. The molecule has 6 heteroatoms. The normalized spacial score (nSPS) is 14.1. The van der Waals surface area contributed by atoms with Crippen LogP contribution in [0, 0.1) is 11.3 Å². The predicted molar refractivity (Wildman–Crippen MR) is 124 cm³/mol. The maximum Gasteiger partial charge on any atom is 0.264 e. The Morgan fingerprint density at radius 2 is 1.91 bits per heavy atom. The van der Waals surface area contributed by atoms with Crippen molar-refractivity contribution >= 4 is 12.0 Å².